The fourth-order valence-corrected chi connectivity index (χ4v) is 2.60. The van der Waals surface area contributed by atoms with Gasteiger partial charge in [-0.2, -0.15) is 0 Å². The van der Waals surface area contributed by atoms with Gasteiger partial charge in [-0.1, -0.05) is 17.7 Å². The van der Waals surface area contributed by atoms with Crippen molar-refractivity contribution in [3.05, 3.63) is 34.3 Å². The summed E-state index contributed by atoms with van der Waals surface area (Å²) in [6, 6.07) is 6.55. The fourth-order valence-electron chi connectivity index (χ4n) is 2.40. The summed E-state index contributed by atoms with van der Waals surface area (Å²) in [5, 5.41) is 4.30. The van der Waals surface area contributed by atoms with Crippen molar-refractivity contribution in [3.63, 3.8) is 0 Å². The Morgan fingerprint density at radius 1 is 1.43 bits per heavy atom. The van der Waals surface area contributed by atoms with Crippen LogP contribution in [0.15, 0.2) is 18.2 Å². The predicted octanol–water partition coefficient (Wildman–Crippen LogP) is 1.93. The molecule has 1 N–H and O–H groups in total. The van der Waals surface area contributed by atoms with E-state index < -0.39 is 0 Å². The summed E-state index contributed by atoms with van der Waals surface area (Å²) < 4.78 is 5.76. The summed E-state index contributed by atoms with van der Waals surface area (Å²) in [6.07, 6.45) is 1.29. The molecule has 0 radical (unpaired) electrons. The summed E-state index contributed by atoms with van der Waals surface area (Å²) in [4.78, 5) is 0. The molecular formula is C11H12ClNO. The number of morpholine rings is 1. The summed E-state index contributed by atoms with van der Waals surface area (Å²) in [7, 11) is 0. The molecular weight excluding hydrogens is 198 g/mol. The minimum atomic E-state index is 0.246. The fraction of sp³-hybridized carbons (Fsp3) is 0.455. The van der Waals surface area contributed by atoms with E-state index in [1.807, 2.05) is 6.07 Å². The molecule has 2 aliphatic rings. The maximum atomic E-state index is 5.96. The summed E-state index contributed by atoms with van der Waals surface area (Å²) in [6.45, 7) is 1.77. The van der Waals surface area contributed by atoms with Gasteiger partial charge in [-0.05, 0) is 29.7 Å². The molecule has 0 spiro atoms. The zero-order valence-corrected chi connectivity index (χ0v) is 8.55. The number of nitrogens with one attached hydrogen (secondary N) is 1. The Morgan fingerprint density at radius 3 is 3.29 bits per heavy atom. The van der Waals surface area contributed by atoms with Crippen molar-refractivity contribution in [2.75, 3.05) is 13.2 Å². The molecule has 0 bridgehead atoms. The van der Waals surface area contributed by atoms with Crippen LogP contribution in [0.1, 0.15) is 17.2 Å². The van der Waals surface area contributed by atoms with E-state index in [0.29, 0.717) is 6.04 Å². The molecule has 3 rings (SSSR count). The molecule has 1 aliphatic carbocycles. The van der Waals surface area contributed by atoms with Gasteiger partial charge in [-0.15, -0.1) is 0 Å². The van der Waals surface area contributed by atoms with Gasteiger partial charge < -0.3 is 10.1 Å². The third kappa shape index (κ3) is 1.26. The first kappa shape index (κ1) is 8.72. The van der Waals surface area contributed by atoms with Gasteiger partial charge >= 0.3 is 0 Å². The first-order valence-corrected chi connectivity index (χ1v) is 5.36. The number of benzene rings is 1. The van der Waals surface area contributed by atoms with Crippen molar-refractivity contribution in [3.8, 4) is 0 Å². The molecule has 0 amide bonds. The normalized spacial score (nSPS) is 29.8. The van der Waals surface area contributed by atoms with Crippen LogP contribution in [-0.2, 0) is 11.2 Å². The Bertz CT molecular complexity index is 366. The monoisotopic (exact) mass is 209 g/mol. The molecule has 1 aromatic carbocycles. The van der Waals surface area contributed by atoms with E-state index in [2.05, 4.69) is 17.4 Å². The standard InChI is InChI=1S/C11H12ClNO/c12-8-1-2-9-7(5-8)6-10-11(9)14-4-3-13-10/h1-2,5,10-11,13H,3-4,6H2. The Morgan fingerprint density at radius 2 is 2.36 bits per heavy atom. The highest BCUT2D eigenvalue weighted by atomic mass is 35.5. The second-order valence-corrected chi connectivity index (χ2v) is 4.34. The molecule has 2 nitrogen and oxygen atoms in total. The highest BCUT2D eigenvalue weighted by Crippen LogP contribution is 2.36. The molecule has 1 saturated heterocycles. The molecule has 0 saturated carbocycles. The maximum Gasteiger partial charge on any atom is 0.0984 e. The number of ether oxygens (including phenoxy) is 1. The van der Waals surface area contributed by atoms with Gasteiger partial charge in [-0.3, -0.25) is 0 Å². The lowest BCUT2D eigenvalue weighted by molar-refractivity contribution is 0.00358. The first-order chi connectivity index (χ1) is 6.84. The number of hydrogen-bond donors (Lipinski definition) is 1. The van der Waals surface area contributed by atoms with Crippen molar-refractivity contribution in [2.24, 2.45) is 0 Å². The highest BCUT2D eigenvalue weighted by molar-refractivity contribution is 6.30. The van der Waals surface area contributed by atoms with Crippen molar-refractivity contribution < 1.29 is 4.74 Å². The van der Waals surface area contributed by atoms with Crippen LogP contribution in [0.2, 0.25) is 5.02 Å². The SMILES string of the molecule is Clc1ccc2c(c1)CC1NCCOC21. The molecule has 1 aliphatic heterocycles. The van der Waals surface area contributed by atoms with Crippen LogP contribution in [0.25, 0.3) is 0 Å². The van der Waals surface area contributed by atoms with Crippen molar-refractivity contribution in [1.29, 1.82) is 0 Å². The zero-order valence-electron chi connectivity index (χ0n) is 7.79. The van der Waals surface area contributed by atoms with Gasteiger partial charge in [0.1, 0.15) is 0 Å². The van der Waals surface area contributed by atoms with Crippen LogP contribution in [0, 0.1) is 0 Å². The van der Waals surface area contributed by atoms with E-state index >= 15 is 0 Å². The van der Waals surface area contributed by atoms with Crippen molar-refractivity contribution in [1.82, 2.24) is 5.32 Å². The summed E-state index contributed by atoms with van der Waals surface area (Å²) in [5.74, 6) is 0. The van der Waals surface area contributed by atoms with Crippen LogP contribution in [0.5, 0.6) is 0 Å². The van der Waals surface area contributed by atoms with E-state index in [-0.39, 0.29) is 6.10 Å². The molecule has 14 heavy (non-hydrogen) atoms. The predicted molar refractivity (Wildman–Crippen MR) is 55.6 cm³/mol. The molecule has 2 unspecified atom stereocenters. The lowest BCUT2D eigenvalue weighted by Gasteiger charge is -2.27. The van der Waals surface area contributed by atoms with Crippen molar-refractivity contribution in [2.45, 2.75) is 18.6 Å². The van der Waals surface area contributed by atoms with E-state index in [1.165, 1.54) is 11.1 Å². The van der Waals surface area contributed by atoms with Gasteiger partial charge in [0.15, 0.2) is 0 Å². The smallest absolute Gasteiger partial charge is 0.0984 e. The van der Waals surface area contributed by atoms with Gasteiger partial charge in [0.25, 0.3) is 0 Å². The second kappa shape index (κ2) is 3.23. The average molecular weight is 210 g/mol. The minimum Gasteiger partial charge on any atom is -0.371 e. The third-order valence-electron chi connectivity index (χ3n) is 3.02. The molecule has 3 heteroatoms. The quantitative estimate of drug-likeness (QED) is 0.705. The summed E-state index contributed by atoms with van der Waals surface area (Å²) in [5.41, 5.74) is 2.65. The first-order valence-electron chi connectivity index (χ1n) is 4.98. The number of hydrogen-bond acceptors (Lipinski definition) is 2. The minimum absolute atomic E-state index is 0.246. The van der Waals surface area contributed by atoms with E-state index in [0.717, 1.165) is 24.6 Å². The Hall–Kier alpha value is -0.570. The Balaban J connectivity index is 2.01. The van der Waals surface area contributed by atoms with Crippen LogP contribution in [-0.4, -0.2) is 19.2 Å². The molecule has 74 valence electrons. The largest absolute Gasteiger partial charge is 0.371 e. The lowest BCUT2D eigenvalue weighted by Crippen LogP contribution is -2.41. The summed E-state index contributed by atoms with van der Waals surface area (Å²) >= 11 is 5.96. The molecule has 2 atom stereocenters. The number of rotatable bonds is 0. The van der Waals surface area contributed by atoms with E-state index in [1.54, 1.807) is 0 Å². The van der Waals surface area contributed by atoms with Crippen LogP contribution in [0.3, 0.4) is 0 Å². The molecule has 0 aromatic heterocycles. The molecule has 1 fully saturated rings. The van der Waals surface area contributed by atoms with Crippen molar-refractivity contribution >= 4 is 11.6 Å². The van der Waals surface area contributed by atoms with Gasteiger partial charge in [0, 0.05) is 17.6 Å². The van der Waals surface area contributed by atoms with E-state index in [4.69, 9.17) is 16.3 Å². The number of fused-ring (bicyclic) bond motifs is 3. The maximum absolute atomic E-state index is 5.96. The molecule has 1 heterocycles. The lowest BCUT2D eigenvalue weighted by atomic mass is 10.1. The number of halogens is 1. The second-order valence-electron chi connectivity index (χ2n) is 3.90. The Kier molecular flexibility index (Phi) is 2.01. The van der Waals surface area contributed by atoms with E-state index in [9.17, 15) is 0 Å². The molecule has 1 aromatic rings. The van der Waals surface area contributed by atoms with Gasteiger partial charge in [-0.25, -0.2) is 0 Å². The van der Waals surface area contributed by atoms with Crippen LogP contribution >= 0.6 is 11.6 Å². The Labute approximate surface area is 88.2 Å². The van der Waals surface area contributed by atoms with Crippen LogP contribution < -0.4 is 5.32 Å². The van der Waals surface area contributed by atoms with Gasteiger partial charge in [0.2, 0.25) is 0 Å². The van der Waals surface area contributed by atoms with Crippen LogP contribution in [0.4, 0.5) is 0 Å². The third-order valence-corrected chi connectivity index (χ3v) is 3.26. The zero-order chi connectivity index (χ0) is 9.54. The highest BCUT2D eigenvalue weighted by Gasteiger charge is 2.34. The van der Waals surface area contributed by atoms with Gasteiger partial charge in [0.05, 0.1) is 12.7 Å². The topological polar surface area (TPSA) is 21.3 Å². The average Bonchev–Trinajstić information content (AvgIpc) is 2.54.